The monoisotopic (exact) mass is 600 g/mol. The smallest absolute Gasteiger partial charge is 0.410 e. The SMILES string of the molecule is C=CCN(CC=C)S(=O)(=O)c1ccc(C(=O)Nc2sc3c(c2C(=O)N2CCCCC2)CCN(C(=O)OCC)C3)cc1. The molecule has 12 heteroatoms. The lowest BCUT2D eigenvalue weighted by Gasteiger charge is -2.29. The van der Waals surface area contributed by atoms with E-state index in [1.54, 1.807) is 11.8 Å². The molecule has 0 bridgehead atoms. The van der Waals surface area contributed by atoms with Crippen molar-refractivity contribution in [2.45, 2.75) is 44.0 Å². The summed E-state index contributed by atoms with van der Waals surface area (Å²) in [4.78, 5) is 43.7. The maximum Gasteiger partial charge on any atom is 0.410 e. The van der Waals surface area contributed by atoms with Gasteiger partial charge in [0.25, 0.3) is 11.8 Å². The first-order chi connectivity index (χ1) is 19.7. The van der Waals surface area contributed by atoms with Crippen molar-refractivity contribution in [3.05, 3.63) is 71.1 Å². The van der Waals surface area contributed by atoms with Gasteiger partial charge in [0.1, 0.15) is 5.00 Å². The Balaban J connectivity index is 1.60. The number of rotatable bonds is 10. The van der Waals surface area contributed by atoms with Crippen LogP contribution in [0.15, 0.2) is 54.5 Å². The molecular weight excluding hydrogens is 564 g/mol. The van der Waals surface area contributed by atoms with Gasteiger partial charge in [-0.2, -0.15) is 4.31 Å². The summed E-state index contributed by atoms with van der Waals surface area (Å²) in [5.41, 5.74) is 1.58. The van der Waals surface area contributed by atoms with Gasteiger partial charge in [-0.1, -0.05) is 12.2 Å². The van der Waals surface area contributed by atoms with Gasteiger partial charge in [0, 0.05) is 43.2 Å². The summed E-state index contributed by atoms with van der Waals surface area (Å²) in [5.74, 6) is -0.579. The van der Waals surface area contributed by atoms with Gasteiger partial charge in [-0.15, -0.1) is 24.5 Å². The maximum atomic E-state index is 13.7. The zero-order valence-electron chi connectivity index (χ0n) is 23.3. The quantitative estimate of drug-likeness (QED) is 0.402. The number of sulfonamides is 1. The molecule has 3 amide bonds. The lowest BCUT2D eigenvalue weighted by atomic mass is 10.0. The van der Waals surface area contributed by atoms with E-state index < -0.39 is 22.0 Å². The van der Waals surface area contributed by atoms with E-state index in [4.69, 9.17) is 4.74 Å². The summed E-state index contributed by atoms with van der Waals surface area (Å²) in [5, 5.41) is 3.34. The van der Waals surface area contributed by atoms with Crippen molar-refractivity contribution in [2.75, 3.05) is 44.6 Å². The van der Waals surface area contributed by atoms with Crippen molar-refractivity contribution in [3.63, 3.8) is 0 Å². The molecule has 4 rings (SSSR count). The van der Waals surface area contributed by atoms with Crippen LogP contribution in [0.1, 0.15) is 57.3 Å². The molecule has 2 aliphatic heterocycles. The normalized spacial score (nSPS) is 15.3. The van der Waals surface area contributed by atoms with Gasteiger partial charge in [0.05, 0.1) is 23.6 Å². The number of hydrogen-bond acceptors (Lipinski definition) is 7. The zero-order chi connectivity index (χ0) is 29.6. The van der Waals surface area contributed by atoms with E-state index in [2.05, 4.69) is 18.5 Å². The Hall–Kier alpha value is -3.48. The van der Waals surface area contributed by atoms with Crippen LogP contribution in [0.5, 0.6) is 0 Å². The fourth-order valence-corrected chi connectivity index (χ4v) is 7.64. The van der Waals surface area contributed by atoms with E-state index in [-0.39, 0.29) is 36.1 Å². The molecule has 220 valence electrons. The zero-order valence-corrected chi connectivity index (χ0v) is 24.9. The summed E-state index contributed by atoms with van der Waals surface area (Å²) < 4.78 is 32.5. The van der Waals surface area contributed by atoms with Gasteiger partial charge in [0.2, 0.25) is 10.0 Å². The molecular formula is C29H36N4O6S2. The van der Waals surface area contributed by atoms with Crippen LogP contribution in [0.4, 0.5) is 9.80 Å². The van der Waals surface area contributed by atoms with Crippen LogP contribution >= 0.6 is 11.3 Å². The van der Waals surface area contributed by atoms with E-state index in [9.17, 15) is 22.8 Å². The number of nitrogens with zero attached hydrogens (tertiary/aromatic N) is 3. The van der Waals surface area contributed by atoms with Gasteiger partial charge in [-0.25, -0.2) is 13.2 Å². The molecule has 0 aliphatic carbocycles. The second-order valence-electron chi connectivity index (χ2n) is 9.81. The fourth-order valence-electron chi connectivity index (χ4n) is 5.00. The third kappa shape index (κ3) is 6.71. The number of carbonyl (C=O) groups is 3. The van der Waals surface area contributed by atoms with Crippen LogP contribution in [0.25, 0.3) is 0 Å². The Morgan fingerprint density at radius 2 is 1.68 bits per heavy atom. The Bertz CT molecular complexity index is 1400. The summed E-state index contributed by atoms with van der Waals surface area (Å²) in [6, 6.07) is 5.68. The molecule has 0 atom stereocenters. The van der Waals surface area contributed by atoms with Crippen molar-refractivity contribution < 1.29 is 27.5 Å². The number of carbonyl (C=O) groups excluding carboxylic acids is 3. The van der Waals surface area contributed by atoms with E-state index in [1.165, 1.54) is 52.1 Å². The molecule has 0 spiro atoms. The Morgan fingerprint density at radius 3 is 2.29 bits per heavy atom. The molecule has 0 radical (unpaired) electrons. The van der Waals surface area contributed by atoms with Gasteiger partial charge in [-0.3, -0.25) is 9.59 Å². The molecule has 41 heavy (non-hydrogen) atoms. The third-order valence-corrected chi connectivity index (χ3v) is 10.1. The van der Waals surface area contributed by atoms with Crippen LogP contribution in [0.3, 0.4) is 0 Å². The topological polar surface area (TPSA) is 116 Å². The minimum absolute atomic E-state index is 0.0457. The van der Waals surface area contributed by atoms with E-state index in [0.717, 1.165) is 29.7 Å². The highest BCUT2D eigenvalue weighted by Crippen LogP contribution is 2.39. The number of nitrogens with one attached hydrogen (secondary N) is 1. The standard InChI is InChI=1S/C29H36N4O6S2/c1-4-15-33(16-5-2)41(37,38)22-12-10-21(11-13-22)26(34)30-27-25(28(35)31-17-8-7-9-18-31)23-14-19-32(20-24(23)40-27)29(36)39-6-3/h4-5,10-13H,1-2,6-9,14-20H2,3H3,(H,30,34). The number of benzene rings is 1. The highest BCUT2D eigenvalue weighted by Gasteiger charge is 2.33. The van der Waals surface area contributed by atoms with Crippen molar-refractivity contribution in [1.82, 2.24) is 14.1 Å². The Labute approximate surface area is 245 Å². The second-order valence-corrected chi connectivity index (χ2v) is 12.9. The number of ether oxygens (including phenoxy) is 1. The number of fused-ring (bicyclic) bond motifs is 1. The molecule has 1 saturated heterocycles. The number of anilines is 1. The summed E-state index contributed by atoms with van der Waals surface area (Å²) in [6.45, 7) is 11.6. The number of thiophene rings is 1. The first-order valence-electron chi connectivity index (χ1n) is 13.7. The Morgan fingerprint density at radius 1 is 1.02 bits per heavy atom. The van der Waals surface area contributed by atoms with E-state index in [0.29, 0.717) is 43.2 Å². The van der Waals surface area contributed by atoms with Gasteiger partial charge < -0.3 is 19.9 Å². The number of hydrogen-bond donors (Lipinski definition) is 1. The first-order valence-corrected chi connectivity index (χ1v) is 16.0. The van der Waals surface area contributed by atoms with E-state index >= 15 is 0 Å². The molecule has 0 unspecified atom stereocenters. The number of likely N-dealkylation sites (tertiary alicyclic amines) is 1. The largest absolute Gasteiger partial charge is 0.450 e. The van der Waals surface area contributed by atoms with Crippen molar-refractivity contribution in [2.24, 2.45) is 0 Å². The molecule has 10 nitrogen and oxygen atoms in total. The summed E-state index contributed by atoms with van der Waals surface area (Å²) in [7, 11) is -3.81. The predicted octanol–water partition coefficient (Wildman–Crippen LogP) is 4.50. The lowest BCUT2D eigenvalue weighted by molar-refractivity contribution is 0.0724. The second kappa shape index (κ2) is 13.5. The van der Waals surface area contributed by atoms with Crippen molar-refractivity contribution in [3.8, 4) is 0 Å². The first kappa shape index (κ1) is 30.5. The average molecular weight is 601 g/mol. The average Bonchev–Trinajstić information content (AvgIpc) is 3.34. The van der Waals surface area contributed by atoms with Crippen molar-refractivity contribution >= 4 is 44.3 Å². The molecule has 2 aromatic rings. The molecule has 1 aromatic heterocycles. The van der Waals surface area contributed by atoms with Crippen LogP contribution in [-0.4, -0.2) is 79.8 Å². The van der Waals surface area contributed by atoms with Crippen molar-refractivity contribution in [1.29, 1.82) is 0 Å². The minimum atomic E-state index is -3.81. The van der Waals surface area contributed by atoms with Gasteiger partial charge in [0.15, 0.2) is 0 Å². The molecule has 1 N–H and O–H groups in total. The van der Waals surface area contributed by atoms with Gasteiger partial charge in [-0.05, 0) is 62.4 Å². The van der Waals surface area contributed by atoms with Crippen LogP contribution in [0, 0.1) is 0 Å². The predicted molar refractivity (Wildman–Crippen MR) is 159 cm³/mol. The van der Waals surface area contributed by atoms with E-state index in [1.807, 2.05) is 4.90 Å². The number of piperidine rings is 1. The summed E-state index contributed by atoms with van der Waals surface area (Å²) >= 11 is 1.29. The van der Waals surface area contributed by atoms with Crippen LogP contribution < -0.4 is 5.32 Å². The molecule has 2 aliphatic rings. The lowest BCUT2D eigenvalue weighted by Crippen LogP contribution is -2.38. The molecule has 1 aromatic carbocycles. The molecule has 3 heterocycles. The molecule has 0 saturated carbocycles. The highest BCUT2D eigenvalue weighted by atomic mass is 32.2. The highest BCUT2D eigenvalue weighted by molar-refractivity contribution is 7.89. The van der Waals surface area contributed by atoms with Crippen LogP contribution in [-0.2, 0) is 27.7 Å². The summed E-state index contributed by atoms with van der Waals surface area (Å²) in [6.07, 6.45) is 6.01. The maximum absolute atomic E-state index is 13.7. The Kier molecular flexibility index (Phi) is 10.0. The number of amides is 3. The van der Waals surface area contributed by atoms with Gasteiger partial charge >= 0.3 is 6.09 Å². The fraction of sp³-hybridized carbons (Fsp3) is 0.414. The van der Waals surface area contributed by atoms with Crippen LogP contribution in [0.2, 0.25) is 0 Å². The minimum Gasteiger partial charge on any atom is -0.450 e. The third-order valence-electron chi connectivity index (χ3n) is 7.09. The molecule has 1 fully saturated rings.